The molecule has 0 bridgehead atoms. The molecule has 7 heteroatoms. The molecule has 2 aliphatic rings. The zero-order valence-electron chi connectivity index (χ0n) is 15.1. The van der Waals surface area contributed by atoms with E-state index in [1.807, 2.05) is 23.2 Å². The highest BCUT2D eigenvalue weighted by atomic mass is 19.1. The summed E-state index contributed by atoms with van der Waals surface area (Å²) >= 11 is 0. The van der Waals surface area contributed by atoms with Crippen molar-refractivity contribution in [2.75, 3.05) is 26.2 Å². The van der Waals surface area contributed by atoms with Crippen molar-refractivity contribution in [3.63, 3.8) is 0 Å². The lowest BCUT2D eigenvalue weighted by Gasteiger charge is -2.35. The molecule has 2 unspecified atom stereocenters. The molecule has 2 N–H and O–H groups in total. The lowest BCUT2D eigenvalue weighted by atomic mass is 10.0. The Balaban J connectivity index is 1.29. The molecule has 1 amide bonds. The van der Waals surface area contributed by atoms with E-state index in [4.69, 9.17) is 0 Å². The van der Waals surface area contributed by atoms with Gasteiger partial charge in [-0.2, -0.15) is 0 Å². The molecule has 2 atom stereocenters. The molecular weight excluding hydrogens is 345 g/mol. The van der Waals surface area contributed by atoms with E-state index in [-0.39, 0.29) is 23.8 Å². The van der Waals surface area contributed by atoms with E-state index >= 15 is 0 Å². The molecule has 0 radical (unpaired) electrons. The van der Waals surface area contributed by atoms with Gasteiger partial charge in [0.25, 0.3) is 0 Å². The number of nitrogens with one attached hydrogen (secondary N) is 2. The lowest BCUT2D eigenvalue weighted by molar-refractivity contribution is -0.135. The standard InChI is InChI=1S/C20H24FN5O/c21-17-6-2-1-5-16(17)18-12-19(24-23-18)20(27)26-10-8-25(9-11-26)14-15-4-3-7-22-13-15/h1-7,13,18-19,23-24H,8-12,14H2. The number of amides is 1. The quantitative estimate of drug-likeness (QED) is 0.855. The van der Waals surface area contributed by atoms with E-state index < -0.39 is 0 Å². The third-order valence-corrected chi connectivity index (χ3v) is 5.29. The zero-order valence-corrected chi connectivity index (χ0v) is 15.1. The summed E-state index contributed by atoms with van der Waals surface area (Å²) in [6.07, 6.45) is 4.21. The Morgan fingerprint density at radius 1 is 1.11 bits per heavy atom. The van der Waals surface area contributed by atoms with E-state index in [0.29, 0.717) is 25.1 Å². The molecule has 27 heavy (non-hydrogen) atoms. The summed E-state index contributed by atoms with van der Waals surface area (Å²) in [5, 5.41) is 0. The Hall–Kier alpha value is -2.35. The average molecular weight is 369 g/mol. The molecule has 0 aliphatic carbocycles. The Labute approximate surface area is 158 Å². The Morgan fingerprint density at radius 2 is 1.93 bits per heavy atom. The highest BCUT2D eigenvalue weighted by Gasteiger charge is 2.34. The van der Waals surface area contributed by atoms with Crippen LogP contribution in [0.25, 0.3) is 0 Å². The van der Waals surface area contributed by atoms with Crippen molar-refractivity contribution < 1.29 is 9.18 Å². The maximum Gasteiger partial charge on any atom is 0.241 e. The second kappa shape index (κ2) is 8.12. The van der Waals surface area contributed by atoms with E-state index in [9.17, 15) is 9.18 Å². The fourth-order valence-corrected chi connectivity index (χ4v) is 3.78. The first-order valence-corrected chi connectivity index (χ1v) is 9.36. The molecule has 6 nitrogen and oxygen atoms in total. The van der Waals surface area contributed by atoms with Crippen molar-refractivity contribution in [2.24, 2.45) is 0 Å². The third kappa shape index (κ3) is 4.16. The van der Waals surface area contributed by atoms with Crippen LogP contribution in [0.5, 0.6) is 0 Å². The van der Waals surface area contributed by atoms with E-state index in [0.717, 1.165) is 19.6 Å². The van der Waals surface area contributed by atoms with Gasteiger partial charge in [-0.15, -0.1) is 0 Å². The van der Waals surface area contributed by atoms with Gasteiger partial charge in [0, 0.05) is 50.7 Å². The van der Waals surface area contributed by atoms with Crippen LogP contribution in [-0.4, -0.2) is 52.9 Å². The molecule has 1 aromatic heterocycles. The molecule has 2 saturated heterocycles. The second-order valence-electron chi connectivity index (χ2n) is 7.11. The van der Waals surface area contributed by atoms with Gasteiger partial charge in [0.15, 0.2) is 0 Å². The zero-order chi connectivity index (χ0) is 18.6. The fraction of sp³-hybridized carbons (Fsp3) is 0.400. The average Bonchev–Trinajstić information content (AvgIpc) is 3.19. The summed E-state index contributed by atoms with van der Waals surface area (Å²) < 4.78 is 14.0. The Bertz CT molecular complexity index is 779. The normalized spacial score (nSPS) is 23.5. The van der Waals surface area contributed by atoms with Crippen LogP contribution in [0, 0.1) is 5.82 Å². The number of hydrogen-bond acceptors (Lipinski definition) is 5. The molecule has 0 spiro atoms. The van der Waals surface area contributed by atoms with Crippen molar-refractivity contribution in [3.05, 3.63) is 65.7 Å². The summed E-state index contributed by atoms with van der Waals surface area (Å²) in [5.74, 6) is -0.156. The van der Waals surface area contributed by atoms with Crippen LogP contribution in [0.3, 0.4) is 0 Å². The van der Waals surface area contributed by atoms with Crippen LogP contribution in [0.2, 0.25) is 0 Å². The number of benzene rings is 1. The number of aromatic nitrogens is 1. The molecule has 4 rings (SSSR count). The smallest absolute Gasteiger partial charge is 0.241 e. The van der Waals surface area contributed by atoms with Gasteiger partial charge in [-0.05, 0) is 24.1 Å². The number of hydrogen-bond donors (Lipinski definition) is 2. The highest BCUT2D eigenvalue weighted by Crippen LogP contribution is 2.25. The lowest BCUT2D eigenvalue weighted by Crippen LogP contribution is -2.53. The van der Waals surface area contributed by atoms with Crippen LogP contribution in [0.15, 0.2) is 48.8 Å². The maximum absolute atomic E-state index is 14.0. The minimum absolute atomic E-state index is 0.0855. The van der Waals surface area contributed by atoms with Crippen LogP contribution < -0.4 is 10.9 Å². The highest BCUT2D eigenvalue weighted by molar-refractivity contribution is 5.82. The van der Waals surface area contributed by atoms with Crippen molar-refractivity contribution in [3.8, 4) is 0 Å². The van der Waals surface area contributed by atoms with E-state index in [2.05, 4.69) is 26.8 Å². The minimum atomic E-state index is -0.320. The van der Waals surface area contributed by atoms with Gasteiger partial charge in [-0.3, -0.25) is 14.7 Å². The largest absolute Gasteiger partial charge is 0.339 e. The van der Waals surface area contributed by atoms with Gasteiger partial charge >= 0.3 is 0 Å². The molecule has 2 fully saturated rings. The number of pyridine rings is 1. The molecular formula is C20H24FN5O. The monoisotopic (exact) mass is 369 g/mol. The first-order valence-electron chi connectivity index (χ1n) is 9.36. The summed E-state index contributed by atoms with van der Waals surface area (Å²) in [6, 6.07) is 10.2. The predicted octanol–water partition coefficient (Wildman–Crippen LogP) is 1.47. The van der Waals surface area contributed by atoms with Gasteiger partial charge in [-0.1, -0.05) is 24.3 Å². The van der Waals surface area contributed by atoms with Crippen LogP contribution in [0.1, 0.15) is 23.6 Å². The summed E-state index contributed by atoms with van der Waals surface area (Å²) in [5.41, 5.74) is 7.91. The number of nitrogens with zero attached hydrogens (tertiary/aromatic N) is 3. The molecule has 1 aromatic carbocycles. The van der Waals surface area contributed by atoms with Gasteiger partial charge in [0.1, 0.15) is 11.9 Å². The van der Waals surface area contributed by atoms with Crippen LogP contribution >= 0.6 is 0 Å². The second-order valence-corrected chi connectivity index (χ2v) is 7.11. The fourth-order valence-electron chi connectivity index (χ4n) is 3.78. The molecule has 0 saturated carbocycles. The summed E-state index contributed by atoms with van der Waals surface area (Å²) in [7, 11) is 0. The van der Waals surface area contributed by atoms with Gasteiger partial charge < -0.3 is 4.90 Å². The summed E-state index contributed by atoms with van der Waals surface area (Å²) in [6.45, 7) is 3.97. The molecule has 3 heterocycles. The number of halogens is 1. The predicted molar refractivity (Wildman–Crippen MR) is 99.9 cm³/mol. The van der Waals surface area contributed by atoms with Crippen LogP contribution in [0.4, 0.5) is 4.39 Å². The first kappa shape index (κ1) is 18.0. The Kier molecular flexibility index (Phi) is 5.42. The Morgan fingerprint density at radius 3 is 2.67 bits per heavy atom. The minimum Gasteiger partial charge on any atom is -0.339 e. The molecule has 2 aromatic rings. The van der Waals surface area contributed by atoms with Gasteiger partial charge in [0.2, 0.25) is 5.91 Å². The topological polar surface area (TPSA) is 60.5 Å². The summed E-state index contributed by atoms with van der Waals surface area (Å²) in [4.78, 5) is 21.2. The number of rotatable bonds is 4. The van der Waals surface area contributed by atoms with E-state index in [1.54, 1.807) is 18.3 Å². The van der Waals surface area contributed by atoms with Crippen molar-refractivity contribution in [1.29, 1.82) is 0 Å². The SMILES string of the molecule is O=C(C1CC(c2ccccc2F)NN1)N1CCN(Cc2cccnc2)CC1. The molecule has 142 valence electrons. The number of piperazine rings is 1. The van der Waals surface area contributed by atoms with Gasteiger partial charge in [-0.25, -0.2) is 15.2 Å². The number of carbonyl (C=O) groups excluding carboxylic acids is 1. The van der Waals surface area contributed by atoms with Crippen molar-refractivity contribution in [1.82, 2.24) is 25.6 Å². The third-order valence-electron chi connectivity index (χ3n) is 5.29. The number of carbonyl (C=O) groups is 1. The number of hydrazine groups is 1. The van der Waals surface area contributed by atoms with E-state index in [1.165, 1.54) is 11.6 Å². The van der Waals surface area contributed by atoms with Crippen LogP contribution in [-0.2, 0) is 11.3 Å². The first-order chi connectivity index (χ1) is 13.2. The molecule has 2 aliphatic heterocycles. The van der Waals surface area contributed by atoms with Gasteiger partial charge in [0.05, 0.1) is 6.04 Å². The maximum atomic E-state index is 14.0. The van der Waals surface area contributed by atoms with Crippen molar-refractivity contribution >= 4 is 5.91 Å². The van der Waals surface area contributed by atoms with Crippen molar-refractivity contribution in [2.45, 2.75) is 25.0 Å².